The summed E-state index contributed by atoms with van der Waals surface area (Å²) in [5, 5.41) is 18.8. The van der Waals surface area contributed by atoms with Gasteiger partial charge in [0.1, 0.15) is 18.1 Å². The first kappa shape index (κ1) is 35.0. The zero-order chi connectivity index (χ0) is 31.9. The molecule has 3 amide bonds. The number of benzene rings is 1. The molecule has 0 aliphatic heterocycles. The minimum Gasteiger partial charge on any atom is -0.480 e. The number of fused-ring (bicyclic) bond motifs is 1. The second kappa shape index (κ2) is 17.7. The lowest BCUT2D eigenvalue weighted by atomic mass is 9.96. The van der Waals surface area contributed by atoms with Gasteiger partial charge in [-0.25, -0.2) is 4.79 Å². The number of carboxylic acid groups (broad SMARTS) is 1. The van der Waals surface area contributed by atoms with Crippen LogP contribution in [0.5, 0.6) is 0 Å². The van der Waals surface area contributed by atoms with Crippen molar-refractivity contribution >= 4 is 40.6 Å². The average Bonchev–Trinajstić information content (AvgIpc) is 3.38. The number of hydrogen-bond donors (Lipinski definition) is 9. The van der Waals surface area contributed by atoms with Crippen molar-refractivity contribution in [1.29, 1.82) is 0 Å². The largest absolute Gasteiger partial charge is 0.480 e. The van der Waals surface area contributed by atoms with Gasteiger partial charge in [0.2, 0.25) is 17.7 Å². The zero-order valence-corrected chi connectivity index (χ0v) is 25.0. The van der Waals surface area contributed by atoms with Crippen LogP contribution >= 0.6 is 0 Å². The maximum Gasteiger partial charge on any atom is 0.326 e. The molecule has 1 aromatic heterocycles. The third-order valence-corrected chi connectivity index (χ3v) is 7.39. The van der Waals surface area contributed by atoms with Crippen molar-refractivity contribution in [3.05, 3.63) is 36.0 Å². The maximum atomic E-state index is 13.5. The molecule has 0 bridgehead atoms. The number of guanidine groups is 1. The molecule has 0 spiro atoms. The summed E-state index contributed by atoms with van der Waals surface area (Å²) in [4.78, 5) is 58.8. The fourth-order valence-corrected chi connectivity index (χ4v) is 4.63. The Bertz CT molecular complexity index is 1240. The van der Waals surface area contributed by atoms with Crippen LogP contribution in [-0.4, -0.2) is 77.0 Å². The van der Waals surface area contributed by atoms with Gasteiger partial charge in [-0.3, -0.25) is 19.4 Å². The van der Waals surface area contributed by atoms with E-state index >= 15 is 0 Å². The normalized spacial score (nSPS) is 14.6. The number of hydrogen-bond acceptors (Lipinski definition) is 7. The number of nitrogens with zero attached hydrogens (tertiary/aromatic N) is 1. The molecule has 0 radical (unpaired) electrons. The molecule has 2 rings (SSSR count). The molecule has 1 aromatic carbocycles. The Morgan fingerprint density at radius 3 is 2.30 bits per heavy atom. The van der Waals surface area contributed by atoms with Crippen molar-refractivity contribution in [3.63, 3.8) is 0 Å². The molecular formula is C29H47N9O5. The highest BCUT2D eigenvalue weighted by Crippen LogP contribution is 2.19. The number of aromatic amines is 1. The number of carboxylic acids is 1. The molecule has 43 heavy (non-hydrogen) atoms. The molecule has 14 nitrogen and oxygen atoms in total. The lowest BCUT2D eigenvalue weighted by molar-refractivity contribution is -0.142. The number of rotatable bonds is 19. The van der Waals surface area contributed by atoms with Gasteiger partial charge in [-0.05, 0) is 56.2 Å². The van der Waals surface area contributed by atoms with E-state index in [0.29, 0.717) is 45.2 Å². The van der Waals surface area contributed by atoms with Crippen LogP contribution in [0.25, 0.3) is 10.9 Å². The molecule has 13 N–H and O–H groups in total. The van der Waals surface area contributed by atoms with Crippen molar-refractivity contribution in [3.8, 4) is 0 Å². The van der Waals surface area contributed by atoms with E-state index in [1.165, 1.54) is 0 Å². The highest BCUT2D eigenvalue weighted by Gasteiger charge is 2.32. The van der Waals surface area contributed by atoms with Crippen LogP contribution in [0.15, 0.2) is 35.5 Å². The summed E-state index contributed by atoms with van der Waals surface area (Å²) in [6.45, 7) is 4.39. The fraction of sp³-hybridized carbons (Fsp3) is 0.552. The van der Waals surface area contributed by atoms with Crippen LogP contribution < -0.4 is 38.9 Å². The Kier molecular flexibility index (Phi) is 14.4. The lowest BCUT2D eigenvalue weighted by Crippen LogP contribution is -2.58. The number of carbonyl (C=O) groups is 4. The molecule has 0 aliphatic rings. The molecule has 14 heteroatoms. The Morgan fingerprint density at radius 2 is 1.65 bits per heavy atom. The van der Waals surface area contributed by atoms with Gasteiger partial charge in [0.05, 0.1) is 6.04 Å². The van der Waals surface area contributed by atoms with E-state index in [4.69, 9.17) is 22.9 Å². The van der Waals surface area contributed by atoms with Crippen LogP contribution in [0.1, 0.15) is 57.9 Å². The van der Waals surface area contributed by atoms with Gasteiger partial charge in [-0.2, -0.15) is 0 Å². The molecule has 2 aromatic rings. The summed E-state index contributed by atoms with van der Waals surface area (Å²) in [5.74, 6) is -3.25. The quantitative estimate of drug-likeness (QED) is 0.0586. The number of H-pyrrole nitrogens is 1. The van der Waals surface area contributed by atoms with E-state index in [9.17, 15) is 24.3 Å². The second-order valence-electron chi connectivity index (χ2n) is 10.7. The number of amides is 3. The third-order valence-electron chi connectivity index (χ3n) is 7.39. The zero-order valence-electron chi connectivity index (χ0n) is 25.0. The predicted molar refractivity (Wildman–Crippen MR) is 166 cm³/mol. The molecule has 0 aliphatic carbocycles. The van der Waals surface area contributed by atoms with E-state index in [2.05, 4.69) is 25.9 Å². The van der Waals surface area contributed by atoms with Crippen LogP contribution in [0.4, 0.5) is 0 Å². The predicted octanol–water partition coefficient (Wildman–Crippen LogP) is -0.195. The van der Waals surface area contributed by atoms with E-state index in [0.717, 1.165) is 16.5 Å². The van der Waals surface area contributed by atoms with Crippen molar-refractivity contribution in [2.45, 2.75) is 83.0 Å². The van der Waals surface area contributed by atoms with Crippen LogP contribution in [0.3, 0.4) is 0 Å². The molecule has 0 saturated carbocycles. The van der Waals surface area contributed by atoms with Gasteiger partial charge in [0, 0.05) is 30.1 Å². The molecule has 5 atom stereocenters. The molecule has 5 unspecified atom stereocenters. The maximum absolute atomic E-state index is 13.5. The summed E-state index contributed by atoms with van der Waals surface area (Å²) < 4.78 is 0. The van der Waals surface area contributed by atoms with Gasteiger partial charge in [-0.15, -0.1) is 0 Å². The number of carbonyl (C=O) groups excluding carboxylic acids is 3. The van der Waals surface area contributed by atoms with Gasteiger partial charge in [-0.1, -0.05) is 38.5 Å². The Morgan fingerprint density at radius 1 is 0.953 bits per heavy atom. The van der Waals surface area contributed by atoms with Crippen molar-refractivity contribution in [2.75, 3.05) is 13.1 Å². The monoisotopic (exact) mass is 601 g/mol. The van der Waals surface area contributed by atoms with Crippen molar-refractivity contribution in [2.24, 2.45) is 33.8 Å². The Labute approximate surface area is 251 Å². The minimum atomic E-state index is -1.23. The molecule has 0 saturated heterocycles. The van der Waals surface area contributed by atoms with Gasteiger partial charge >= 0.3 is 5.97 Å². The number of nitrogens with one attached hydrogen (secondary N) is 4. The summed E-state index contributed by atoms with van der Waals surface area (Å²) in [5.41, 5.74) is 23.9. The first-order valence-corrected chi connectivity index (χ1v) is 14.7. The fourth-order valence-electron chi connectivity index (χ4n) is 4.63. The van der Waals surface area contributed by atoms with Gasteiger partial charge in [0.25, 0.3) is 0 Å². The smallest absolute Gasteiger partial charge is 0.326 e. The van der Waals surface area contributed by atoms with Crippen LogP contribution in [0, 0.1) is 5.92 Å². The average molecular weight is 602 g/mol. The number of para-hydroxylation sites is 1. The van der Waals surface area contributed by atoms with Crippen LogP contribution in [0.2, 0.25) is 0 Å². The van der Waals surface area contributed by atoms with Gasteiger partial charge < -0.3 is 49.0 Å². The molecule has 1 heterocycles. The minimum absolute atomic E-state index is 0.0428. The summed E-state index contributed by atoms with van der Waals surface area (Å²) in [6, 6.07) is 3.34. The standard InChI is InChI=1S/C29H47N9O5/c1-3-17(2)24(38-25(39)20(31)10-8-14-34-29(32)33)27(41)36-22(12-6-7-13-30)26(40)37-23(28(42)43)15-18-16-35-21-11-5-4-9-19(18)21/h4-5,9,11,16-17,20,22-24,35H,3,6-8,10,12-15,30-31H2,1-2H3,(H,36,41)(H,37,40)(H,38,39)(H,42,43)(H4,32,33,34). The van der Waals surface area contributed by atoms with E-state index < -0.39 is 47.9 Å². The third kappa shape index (κ3) is 11.2. The number of aromatic nitrogens is 1. The van der Waals surface area contributed by atoms with E-state index in [1.54, 1.807) is 13.1 Å². The number of unbranched alkanes of at least 4 members (excludes halogenated alkanes) is 1. The highest BCUT2D eigenvalue weighted by molar-refractivity contribution is 5.94. The SMILES string of the molecule is CCC(C)C(NC(=O)C(N)CCCN=C(N)N)C(=O)NC(CCCCN)C(=O)NC(Cc1c[nH]c2ccccc12)C(=O)O. The summed E-state index contributed by atoms with van der Waals surface area (Å²) in [7, 11) is 0. The first-order chi connectivity index (χ1) is 20.5. The van der Waals surface area contributed by atoms with Crippen LogP contribution in [-0.2, 0) is 25.6 Å². The van der Waals surface area contributed by atoms with Gasteiger partial charge in [0.15, 0.2) is 5.96 Å². The van der Waals surface area contributed by atoms with E-state index in [-0.39, 0.29) is 24.7 Å². The highest BCUT2D eigenvalue weighted by atomic mass is 16.4. The topological polar surface area (TPSA) is 257 Å². The number of aliphatic imine (C=N–C) groups is 1. The Hall–Kier alpha value is -4.17. The van der Waals surface area contributed by atoms with E-state index in [1.807, 2.05) is 31.2 Å². The summed E-state index contributed by atoms with van der Waals surface area (Å²) in [6.07, 6.45) is 4.47. The Balaban J connectivity index is 2.15. The number of nitrogens with two attached hydrogens (primary N) is 4. The first-order valence-electron chi connectivity index (χ1n) is 14.7. The summed E-state index contributed by atoms with van der Waals surface area (Å²) >= 11 is 0. The van der Waals surface area contributed by atoms with Crippen molar-refractivity contribution in [1.82, 2.24) is 20.9 Å². The number of aliphatic carboxylic acids is 1. The second-order valence-corrected chi connectivity index (χ2v) is 10.7. The molecular weight excluding hydrogens is 554 g/mol. The van der Waals surface area contributed by atoms with Crippen molar-refractivity contribution < 1.29 is 24.3 Å². The molecule has 0 fully saturated rings. The lowest BCUT2D eigenvalue weighted by Gasteiger charge is -2.28. The molecule has 238 valence electrons.